The van der Waals surface area contributed by atoms with Crippen LogP contribution in [0.4, 0.5) is 0 Å². The zero-order chi connectivity index (χ0) is 12.5. The number of epoxide rings is 2. The van der Waals surface area contributed by atoms with Crippen molar-refractivity contribution in [3.63, 3.8) is 0 Å². The second-order valence-electron chi connectivity index (χ2n) is 4.63. The molecular weight excluding hydrogens is 364 g/mol. The van der Waals surface area contributed by atoms with E-state index >= 15 is 0 Å². The molecule has 1 aromatic rings. The van der Waals surface area contributed by atoms with Gasteiger partial charge in [0, 0.05) is 17.3 Å². The predicted octanol–water partition coefficient (Wildman–Crippen LogP) is 3.32. The normalized spacial score (nSPS) is 25.0. The van der Waals surface area contributed by atoms with E-state index in [1.165, 1.54) is 5.56 Å². The highest BCUT2D eigenvalue weighted by atomic mass is 79.9. The minimum absolute atomic E-state index is 0.361. The average molecular weight is 378 g/mol. The molecular formula is C13H14Br2O3. The molecule has 0 saturated carbocycles. The van der Waals surface area contributed by atoms with E-state index in [9.17, 15) is 0 Å². The number of hydrogen-bond acceptors (Lipinski definition) is 3. The van der Waals surface area contributed by atoms with E-state index in [2.05, 4.69) is 37.9 Å². The van der Waals surface area contributed by atoms with Crippen LogP contribution >= 0.6 is 31.9 Å². The van der Waals surface area contributed by atoms with Crippen molar-refractivity contribution in [3.05, 3.63) is 26.6 Å². The van der Waals surface area contributed by atoms with Gasteiger partial charge in [-0.2, -0.15) is 0 Å². The lowest BCUT2D eigenvalue weighted by Crippen LogP contribution is -2.05. The molecule has 2 heterocycles. The van der Waals surface area contributed by atoms with Crippen molar-refractivity contribution in [3.8, 4) is 5.75 Å². The van der Waals surface area contributed by atoms with Crippen LogP contribution in [-0.2, 0) is 15.9 Å². The third kappa shape index (κ3) is 3.47. The van der Waals surface area contributed by atoms with Gasteiger partial charge in [-0.3, -0.25) is 0 Å². The number of rotatable bonds is 6. The molecule has 2 unspecified atom stereocenters. The van der Waals surface area contributed by atoms with Crippen molar-refractivity contribution in [2.45, 2.75) is 25.0 Å². The molecule has 0 amide bonds. The van der Waals surface area contributed by atoms with E-state index in [-0.39, 0.29) is 0 Å². The van der Waals surface area contributed by atoms with Crippen LogP contribution < -0.4 is 4.74 Å². The largest absolute Gasteiger partial charge is 0.492 e. The van der Waals surface area contributed by atoms with Gasteiger partial charge in [0.05, 0.1) is 36.5 Å². The molecule has 3 nitrogen and oxygen atoms in total. The maximum absolute atomic E-state index is 5.90. The number of benzene rings is 1. The lowest BCUT2D eigenvalue weighted by molar-refractivity contribution is 0.278. The summed E-state index contributed by atoms with van der Waals surface area (Å²) < 4.78 is 18.4. The Hall–Kier alpha value is -0.100. The molecule has 2 fully saturated rings. The zero-order valence-corrected chi connectivity index (χ0v) is 13.0. The summed E-state index contributed by atoms with van der Waals surface area (Å²) >= 11 is 7.08. The first-order chi connectivity index (χ1) is 8.72. The van der Waals surface area contributed by atoms with Crippen molar-refractivity contribution >= 4 is 31.9 Å². The van der Waals surface area contributed by atoms with Crippen molar-refractivity contribution in [2.75, 3.05) is 19.8 Å². The Balaban J connectivity index is 1.70. The van der Waals surface area contributed by atoms with Gasteiger partial charge in [-0.15, -0.1) is 0 Å². The maximum Gasteiger partial charge on any atom is 0.136 e. The second kappa shape index (κ2) is 5.49. The summed E-state index contributed by atoms with van der Waals surface area (Å²) in [4.78, 5) is 0. The van der Waals surface area contributed by atoms with Crippen molar-refractivity contribution in [1.29, 1.82) is 0 Å². The van der Waals surface area contributed by atoms with Gasteiger partial charge in [0.15, 0.2) is 0 Å². The van der Waals surface area contributed by atoms with Crippen LogP contribution in [-0.4, -0.2) is 32.0 Å². The Morgan fingerprint density at radius 1 is 1.17 bits per heavy atom. The van der Waals surface area contributed by atoms with E-state index in [1.807, 2.05) is 6.07 Å². The second-order valence-corrected chi connectivity index (χ2v) is 6.40. The highest BCUT2D eigenvalue weighted by Gasteiger charge is 2.26. The standard InChI is InChI=1S/C13H14Br2O3/c14-9-3-8(4-11-7-18-11)13(12(15)5-9)16-2-1-10-6-17-10/h3,5,10-11H,1-2,4,6-7H2. The number of hydrogen-bond donors (Lipinski definition) is 0. The topological polar surface area (TPSA) is 34.3 Å². The lowest BCUT2D eigenvalue weighted by Gasteiger charge is -2.13. The fraction of sp³-hybridized carbons (Fsp3) is 0.538. The molecule has 3 rings (SSSR count). The SMILES string of the molecule is Brc1cc(Br)c(OCCC2CO2)c(CC2CO2)c1. The highest BCUT2D eigenvalue weighted by molar-refractivity contribution is 9.11. The molecule has 98 valence electrons. The highest BCUT2D eigenvalue weighted by Crippen LogP contribution is 2.35. The summed E-state index contributed by atoms with van der Waals surface area (Å²) in [5.41, 5.74) is 1.19. The summed E-state index contributed by atoms with van der Waals surface area (Å²) in [7, 11) is 0. The molecule has 0 N–H and O–H groups in total. The van der Waals surface area contributed by atoms with Crippen LogP contribution in [0.5, 0.6) is 5.75 Å². The molecule has 0 bridgehead atoms. The quantitative estimate of drug-likeness (QED) is 0.713. The minimum atomic E-state index is 0.361. The Morgan fingerprint density at radius 3 is 2.56 bits per heavy atom. The van der Waals surface area contributed by atoms with E-state index in [1.54, 1.807) is 0 Å². The van der Waals surface area contributed by atoms with Crippen LogP contribution in [0.15, 0.2) is 21.1 Å². The monoisotopic (exact) mass is 376 g/mol. The lowest BCUT2D eigenvalue weighted by atomic mass is 10.1. The van der Waals surface area contributed by atoms with Crippen LogP contribution in [0, 0.1) is 0 Å². The molecule has 2 atom stereocenters. The molecule has 0 aromatic heterocycles. The number of halogens is 2. The molecule has 0 aliphatic carbocycles. The smallest absolute Gasteiger partial charge is 0.136 e. The van der Waals surface area contributed by atoms with Crippen molar-refractivity contribution in [1.82, 2.24) is 0 Å². The Kier molecular flexibility index (Phi) is 3.94. The van der Waals surface area contributed by atoms with Gasteiger partial charge in [0.25, 0.3) is 0 Å². The molecule has 0 spiro atoms. The molecule has 0 radical (unpaired) electrons. The molecule has 2 saturated heterocycles. The Labute approximate surface area is 123 Å². The van der Waals surface area contributed by atoms with Gasteiger partial charge >= 0.3 is 0 Å². The summed E-state index contributed by atoms with van der Waals surface area (Å²) in [6.45, 7) is 2.44. The summed E-state index contributed by atoms with van der Waals surface area (Å²) in [5.74, 6) is 0.939. The van der Waals surface area contributed by atoms with Crippen LogP contribution in [0.2, 0.25) is 0 Å². The average Bonchev–Trinajstić information content (AvgIpc) is 3.15. The van der Waals surface area contributed by atoms with Crippen molar-refractivity contribution < 1.29 is 14.2 Å². The maximum atomic E-state index is 5.90. The first-order valence-corrected chi connectivity index (χ1v) is 7.65. The predicted molar refractivity (Wildman–Crippen MR) is 75.1 cm³/mol. The van der Waals surface area contributed by atoms with Crippen LogP contribution in [0.25, 0.3) is 0 Å². The first-order valence-electron chi connectivity index (χ1n) is 6.06. The summed E-state index contributed by atoms with van der Waals surface area (Å²) in [5, 5.41) is 0. The third-order valence-electron chi connectivity index (χ3n) is 3.02. The van der Waals surface area contributed by atoms with Crippen LogP contribution in [0.1, 0.15) is 12.0 Å². The van der Waals surface area contributed by atoms with Gasteiger partial charge in [-0.25, -0.2) is 0 Å². The van der Waals surface area contributed by atoms with Gasteiger partial charge < -0.3 is 14.2 Å². The summed E-state index contributed by atoms with van der Waals surface area (Å²) in [6.07, 6.45) is 2.64. The minimum Gasteiger partial charge on any atom is -0.492 e. The Bertz CT molecular complexity index is 442. The van der Waals surface area contributed by atoms with E-state index in [0.29, 0.717) is 18.8 Å². The first kappa shape index (κ1) is 12.9. The molecule has 1 aromatic carbocycles. The molecule has 18 heavy (non-hydrogen) atoms. The van der Waals surface area contributed by atoms with Gasteiger partial charge in [0.1, 0.15) is 5.75 Å². The fourth-order valence-electron chi connectivity index (χ4n) is 1.89. The molecule has 5 heteroatoms. The van der Waals surface area contributed by atoms with Gasteiger partial charge in [0.2, 0.25) is 0 Å². The van der Waals surface area contributed by atoms with Gasteiger partial charge in [-0.05, 0) is 33.6 Å². The Morgan fingerprint density at radius 2 is 1.89 bits per heavy atom. The summed E-state index contributed by atoms with van der Waals surface area (Å²) in [6, 6.07) is 4.12. The van der Waals surface area contributed by atoms with E-state index in [0.717, 1.165) is 40.8 Å². The fourth-order valence-corrected chi connectivity index (χ4v) is 3.31. The molecule has 2 aliphatic heterocycles. The number of ether oxygens (including phenoxy) is 3. The van der Waals surface area contributed by atoms with E-state index in [4.69, 9.17) is 14.2 Å². The van der Waals surface area contributed by atoms with Crippen LogP contribution in [0.3, 0.4) is 0 Å². The zero-order valence-electron chi connectivity index (χ0n) is 9.83. The molecule has 2 aliphatic rings. The van der Waals surface area contributed by atoms with E-state index < -0.39 is 0 Å². The van der Waals surface area contributed by atoms with Crippen molar-refractivity contribution in [2.24, 2.45) is 0 Å². The van der Waals surface area contributed by atoms with Gasteiger partial charge in [-0.1, -0.05) is 15.9 Å². The third-order valence-corrected chi connectivity index (χ3v) is 4.07.